The first-order valence-corrected chi connectivity index (χ1v) is 13.5. The Labute approximate surface area is 242 Å². The van der Waals surface area contributed by atoms with Crippen LogP contribution in [-0.2, 0) is 33.9 Å². The number of carboxylic acid groups (broad SMARTS) is 1. The summed E-state index contributed by atoms with van der Waals surface area (Å²) in [4.78, 5) is 36.1. The number of ether oxygens (including phenoxy) is 3. The Kier molecular flexibility index (Phi) is 10.7. The molecule has 1 aromatic heterocycles. The molecule has 3 heterocycles. The van der Waals surface area contributed by atoms with Crippen molar-refractivity contribution in [2.75, 3.05) is 26.8 Å². The van der Waals surface area contributed by atoms with E-state index in [1.807, 2.05) is 12.3 Å². The second-order valence-corrected chi connectivity index (χ2v) is 9.91. The Morgan fingerprint density at radius 2 is 2.00 bits per heavy atom. The third kappa shape index (κ3) is 8.67. The zero-order valence-corrected chi connectivity index (χ0v) is 23.2. The highest BCUT2D eigenvalue weighted by atomic mass is 19.1. The summed E-state index contributed by atoms with van der Waals surface area (Å²) < 4.78 is 32.0. The monoisotopic (exact) mass is 583 g/mol. The molecule has 0 spiro atoms. The van der Waals surface area contributed by atoms with Gasteiger partial charge < -0.3 is 30.0 Å². The molecule has 5 rings (SSSR count). The molecule has 0 radical (unpaired) electrons. The number of nitrogens with zero attached hydrogens (tertiary/aromatic N) is 2. The Balaban J connectivity index is 0.00000129. The Bertz CT molecular complexity index is 1350. The fourth-order valence-corrected chi connectivity index (χ4v) is 4.94. The first-order valence-electron chi connectivity index (χ1n) is 13.5. The van der Waals surface area contributed by atoms with Crippen molar-refractivity contribution >= 4 is 18.3 Å². The van der Waals surface area contributed by atoms with Crippen LogP contribution in [0.2, 0.25) is 0 Å². The van der Waals surface area contributed by atoms with Crippen molar-refractivity contribution in [1.29, 1.82) is 0 Å². The molecule has 2 atom stereocenters. The summed E-state index contributed by atoms with van der Waals surface area (Å²) in [6, 6.07) is 9.44. The van der Waals surface area contributed by atoms with Gasteiger partial charge in [-0.2, -0.15) is 5.10 Å². The number of fused-ring (bicyclic) bond motifs is 5. The van der Waals surface area contributed by atoms with Gasteiger partial charge in [-0.05, 0) is 48.2 Å². The molecule has 224 valence electrons. The minimum Gasteiger partial charge on any atom is -0.493 e. The quantitative estimate of drug-likeness (QED) is 0.339. The lowest BCUT2D eigenvalue weighted by atomic mass is 10.0. The summed E-state index contributed by atoms with van der Waals surface area (Å²) >= 11 is 0. The van der Waals surface area contributed by atoms with Gasteiger partial charge >= 0.3 is 0 Å². The molecular weight excluding hydrogens is 549 g/mol. The molecule has 3 aromatic rings. The molecule has 1 saturated heterocycles. The number of hydrogen-bond acceptors (Lipinski definition) is 8. The maximum absolute atomic E-state index is 14.5. The number of nitrogens with one attached hydrogen (secondary N) is 3. The number of carbonyl (C=O) groups excluding carboxylic acids is 2. The van der Waals surface area contributed by atoms with E-state index in [-0.39, 0.29) is 43.9 Å². The van der Waals surface area contributed by atoms with E-state index in [2.05, 4.69) is 25.7 Å². The van der Waals surface area contributed by atoms with Crippen LogP contribution in [0.15, 0.2) is 48.8 Å². The summed E-state index contributed by atoms with van der Waals surface area (Å²) in [5.41, 5.74) is 2.50. The summed E-state index contributed by atoms with van der Waals surface area (Å²) in [5, 5.41) is 19.6. The van der Waals surface area contributed by atoms with E-state index in [0.717, 1.165) is 17.7 Å². The van der Waals surface area contributed by atoms with Crippen molar-refractivity contribution in [1.82, 2.24) is 25.7 Å². The highest BCUT2D eigenvalue weighted by Gasteiger charge is 2.32. The number of piperidine rings is 1. The van der Waals surface area contributed by atoms with Crippen LogP contribution >= 0.6 is 0 Å². The van der Waals surface area contributed by atoms with Crippen LogP contribution in [0, 0.1) is 5.82 Å². The molecule has 0 aliphatic carbocycles. The molecule has 2 aliphatic rings. The van der Waals surface area contributed by atoms with Gasteiger partial charge in [-0.3, -0.25) is 24.4 Å². The van der Waals surface area contributed by atoms with E-state index in [0.29, 0.717) is 48.7 Å². The van der Waals surface area contributed by atoms with Crippen molar-refractivity contribution in [2.45, 2.75) is 44.5 Å². The first kappa shape index (κ1) is 30.3. The second kappa shape index (κ2) is 14.8. The summed E-state index contributed by atoms with van der Waals surface area (Å²) in [6.07, 6.45) is 4.54. The Morgan fingerprint density at radius 3 is 2.76 bits per heavy atom. The Morgan fingerprint density at radius 1 is 1.17 bits per heavy atom. The number of amides is 2. The number of aryl methyl sites for hydroxylation is 1. The van der Waals surface area contributed by atoms with Crippen LogP contribution < -0.4 is 24.8 Å². The van der Waals surface area contributed by atoms with Crippen molar-refractivity contribution in [2.24, 2.45) is 0 Å². The minimum atomic E-state index is -0.455. The van der Waals surface area contributed by atoms with Crippen molar-refractivity contribution in [3.63, 3.8) is 0 Å². The van der Waals surface area contributed by atoms with Crippen molar-refractivity contribution in [3.05, 3.63) is 71.3 Å². The number of aromatic nitrogens is 2. The number of likely N-dealkylation sites (tertiary alicyclic amines) is 1. The zero-order valence-electron chi connectivity index (χ0n) is 23.2. The van der Waals surface area contributed by atoms with E-state index < -0.39 is 11.9 Å². The predicted octanol–water partition coefficient (Wildman–Crippen LogP) is 2.04. The van der Waals surface area contributed by atoms with Gasteiger partial charge in [0.25, 0.3) is 12.4 Å². The van der Waals surface area contributed by atoms with Gasteiger partial charge in [-0.1, -0.05) is 6.07 Å². The maximum Gasteiger partial charge on any atom is 0.290 e. The molecular formula is C29H34FN5O7. The molecule has 13 heteroatoms. The van der Waals surface area contributed by atoms with E-state index in [4.69, 9.17) is 24.1 Å². The topological polar surface area (TPSA) is 155 Å². The van der Waals surface area contributed by atoms with Gasteiger partial charge in [-0.25, -0.2) is 4.39 Å². The molecule has 2 aromatic carbocycles. The third-order valence-electron chi connectivity index (χ3n) is 6.88. The molecule has 4 N–H and O–H groups in total. The lowest BCUT2D eigenvalue weighted by molar-refractivity contribution is -0.125. The molecule has 42 heavy (non-hydrogen) atoms. The number of rotatable bonds is 3. The number of carbonyl (C=O) groups is 3. The number of H-pyrrole nitrogens is 1. The molecule has 1 fully saturated rings. The molecule has 2 aliphatic heterocycles. The highest BCUT2D eigenvalue weighted by Crippen LogP contribution is 2.29. The van der Waals surface area contributed by atoms with Crippen LogP contribution in [-0.4, -0.2) is 77.4 Å². The third-order valence-corrected chi connectivity index (χ3v) is 6.88. The molecule has 0 saturated carbocycles. The van der Waals surface area contributed by atoms with Crippen LogP contribution in [0.4, 0.5) is 4.39 Å². The highest BCUT2D eigenvalue weighted by molar-refractivity contribution is 5.78. The number of benzene rings is 2. The molecule has 2 amide bonds. The van der Waals surface area contributed by atoms with Gasteiger partial charge in [0.1, 0.15) is 17.7 Å². The lowest BCUT2D eigenvalue weighted by Gasteiger charge is -2.38. The van der Waals surface area contributed by atoms with E-state index >= 15 is 0 Å². The zero-order chi connectivity index (χ0) is 29.9. The summed E-state index contributed by atoms with van der Waals surface area (Å²) in [5.74, 6) is 0.343. The smallest absolute Gasteiger partial charge is 0.290 e. The lowest BCUT2D eigenvalue weighted by Crippen LogP contribution is -2.57. The fraction of sp³-hybridized carbons (Fsp3) is 0.379. The van der Waals surface area contributed by atoms with E-state index in [9.17, 15) is 14.0 Å². The SMILES string of the molecule is COc1ccc2cc1OCC(=O)N[C@@H]1CN(Cc3cn[nH]c3)CC[C@H]1Oc1cc(F)cc(c1)CNC(=O)CC2.O=CO. The van der Waals surface area contributed by atoms with Gasteiger partial charge in [-0.15, -0.1) is 0 Å². The number of methoxy groups -OCH3 is 1. The molecule has 0 unspecified atom stereocenters. The van der Waals surface area contributed by atoms with Crippen LogP contribution in [0.3, 0.4) is 0 Å². The van der Waals surface area contributed by atoms with Gasteiger partial charge in [0.2, 0.25) is 5.91 Å². The van der Waals surface area contributed by atoms with Gasteiger partial charge in [0, 0.05) is 50.4 Å². The largest absolute Gasteiger partial charge is 0.493 e. The maximum atomic E-state index is 14.5. The summed E-state index contributed by atoms with van der Waals surface area (Å²) in [6.45, 7) is 1.61. The standard InChI is InChI=1S/C28H32FN5O5.CH2O2/c1-37-25-4-2-18-3-5-27(35)30-12-19-8-21(29)11-22(9-19)39-24-6-7-34(15-20-13-31-32-14-20)16-23(24)33-28(36)17-38-26(25)10-18;2-1-3/h2,4,8-11,13-14,23-24H,3,5-7,12,15-17H2,1H3,(H,30,35)(H,31,32)(H,33,36);1H,(H,2,3)/t23-,24-;/m1./s1. The van der Waals surface area contributed by atoms with Crippen LogP contribution in [0.5, 0.6) is 17.2 Å². The molecule has 12 nitrogen and oxygen atoms in total. The molecule has 4 bridgehead atoms. The average molecular weight is 584 g/mol. The van der Waals surface area contributed by atoms with Crippen molar-refractivity contribution in [3.8, 4) is 17.2 Å². The fourth-order valence-electron chi connectivity index (χ4n) is 4.94. The van der Waals surface area contributed by atoms with E-state index in [1.165, 1.54) is 19.2 Å². The number of aromatic amines is 1. The van der Waals surface area contributed by atoms with Crippen LogP contribution in [0.25, 0.3) is 0 Å². The van der Waals surface area contributed by atoms with Gasteiger partial charge in [0.15, 0.2) is 18.1 Å². The minimum absolute atomic E-state index is 0.162. The van der Waals surface area contributed by atoms with Crippen LogP contribution in [0.1, 0.15) is 29.5 Å². The van der Waals surface area contributed by atoms with E-state index in [1.54, 1.807) is 24.4 Å². The predicted molar refractivity (Wildman–Crippen MR) is 149 cm³/mol. The Hall–Kier alpha value is -4.65. The normalized spacial score (nSPS) is 19.6. The van der Waals surface area contributed by atoms with Gasteiger partial charge in [0.05, 0.1) is 19.3 Å². The average Bonchev–Trinajstić information content (AvgIpc) is 3.48. The number of hydrogen-bond donors (Lipinski definition) is 4. The first-order chi connectivity index (χ1) is 20.4. The van der Waals surface area contributed by atoms with Crippen molar-refractivity contribution < 1.29 is 38.1 Å². The number of halogens is 1. The summed E-state index contributed by atoms with van der Waals surface area (Å²) in [7, 11) is 1.53. The second-order valence-electron chi connectivity index (χ2n) is 9.91.